The van der Waals surface area contributed by atoms with Crippen LogP contribution >= 0.6 is 23.1 Å². The molecule has 1 aromatic carbocycles. The van der Waals surface area contributed by atoms with Gasteiger partial charge in [0.1, 0.15) is 5.78 Å². The van der Waals surface area contributed by atoms with Gasteiger partial charge >= 0.3 is 0 Å². The predicted octanol–water partition coefficient (Wildman–Crippen LogP) is 2.66. The summed E-state index contributed by atoms with van der Waals surface area (Å²) in [7, 11) is -3.29. The van der Waals surface area contributed by atoms with Gasteiger partial charge in [-0.25, -0.2) is 13.4 Å². The Balaban J connectivity index is 1.54. The van der Waals surface area contributed by atoms with Crippen molar-refractivity contribution < 1.29 is 13.2 Å². The van der Waals surface area contributed by atoms with Gasteiger partial charge in [0.25, 0.3) is 0 Å². The Morgan fingerprint density at radius 2 is 1.73 bits per heavy atom. The summed E-state index contributed by atoms with van der Waals surface area (Å²) in [6.45, 7) is 2.00. The Bertz CT molecular complexity index is 978. The van der Waals surface area contributed by atoms with Crippen LogP contribution in [0.4, 0.5) is 5.13 Å². The number of hydrogen-bond acceptors (Lipinski definition) is 7. The van der Waals surface area contributed by atoms with E-state index in [0.29, 0.717) is 44.8 Å². The third kappa shape index (κ3) is 4.26. The molecule has 2 aliphatic rings. The number of halogens is 1. The van der Waals surface area contributed by atoms with Crippen molar-refractivity contribution in [1.29, 1.82) is 0 Å². The summed E-state index contributed by atoms with van der Waals surface area (Å²) in [4.78, 5) is 18.9. The van der Waals surface area contributed by atoms with Crippen molar-refractivity contribution in [3.63, 3.8) is 0 Å². The van der Waals surface area contributed by atoms with Crippen LogP contribution < -0.4 is 4.90 Å². The fraction of sp³-hybridized carbons (Fsp3) is 0.550. The molecule has 10 heteroatoms. The van der Waals surface area contributed by atoms with Crippen LogP contribution in [0.1, 0.15) is 37.1 Å². The van der Waals surface area contributed by atoms with Crippen LogP contribution in [0, 0.1) is 0 Å². The van der Waals surface area contributed by atoms with Crippen LogP contribution in [-0.2, 0) is 20.2 Å². The van der Waals surface area contributed by atoms with Crippen LogP contribution in [0.15, 0.2) is 30.3 Å². The molecule has 0 N–H and O–H groups in total. The van der Waals surface area contributed by atoms with Gasteiger partial charge in [0, 0.05) is 56.4 Å². The highest BCUT2D eigenvalue weighted by molar-refractivity contribution is 7.89. The molecule has 0 radical (unpaired) electrons. The number of benzene rings is 1. The number of sulfonamides is 1. The molecule has 1 aromatic heterocycles. The highest BCUT2D eigenvalue weighted by Crippen LogP contribution is 2.43. The van der Waals surface area contributed by atoms with Crippen molar-refractivity contribution in [2.75, 3.05) is 42.7 Å². The summed E-state index contributed by atoms with van der Waals surface area (Å²) < 4.78 is 30.7. The van der Waals surface area contributed by atoms with Crippen LogP contribution in [0.3, 0.4) is 0 Å². The number of anilines is 1. The van der Waals surface area contributed by atoms with Gasteiger partial charge in [0.2, 0.25) is 15.2 Å². The second kappa shape index (κ2) is 8.90. The van der Waals surface area contributed by atoms with E-state index in [1.165, 1.54) is 15.8 Å². The topological polar surface area (TPSA) is 83.5 Å². The molecular weight excluding hydrogens is 444 g/mol. The largest absolute Gasteiger partial charge is 0.344 e. The molecule has 1 saturated heterocycles. The zero-order valence-corrected chi connectivity index (χ0v) is 19.1. The second-order valence-corrected chi connectivity index (χ2v) is 11.0. The smallest absolute Gasteiger partial charge is 0.215 e. The Kier molecular flexibility index (Phi) is 6.43. The predicted molar refractivity (Wildman–Crippen MR) is 119 cm³/mol. The molecule has 7 nitrogen and oxygen atoms in total. The van der Waals surface area contributed by atoms with Crippen LogP contribution in [0.2, 0.25) is 0 Å². The molecular formula is C20H25ClN4O3S2. The fourth-order valence-electron chi connectivity index (χ4n) is 4.28. The molecule has 1 saturated carbocycles. The molecule has 2 heterocycles. The second-order valence-electron chi connectivity index (χ2n) is 7.78. The first kappa shape index (κ1) is 21.7. The lowest BCUT2D eigenvalue weighted by atomic mass is 9.68. The Morgan fingerprint density at radius 1 is 1.07 bits per heavy atom. The van der Waals surface area contributed by atoms with Crippen LogP contribution in [0.5, 0.6) is 0 Å². The summed E-state index contributed by atoms with van der Waals surface area (Å²) in [6, 6.07) is 10.2. The maximum absolute atomic E-state index is 12.2. The van der Waals surface area contributed by atoms with E-state index in [0.717, 1.165) is 29.4 Å². The SMILES string of the molecule is O=C1CCC(c2ccccc2)(c2nsc(N3CCN(S(=O)(=O)CCCl)CC3)n2)CC1. The Morgan fingerprint density at radius 3 is 2.37 bits per heavy atom. The van der Waals surface area contributed by atoms with E-state index in [9.17, 15) is 13.2 Å². The first-order valence-electron chi connectivity index (χ1n) is 10.1. The number of carbonyl (C=O) groups is 1. The minimum Gasteiger partial charge on any atom is -0.344 e. The quantitative estimate of drug-likeness (QED) is 0.606. The molecule has 0 atom stereocenters. The lowest BCUT2D eigenvalue weighted by Crippen LogP contribution is -2.49. The molecule has 0 unspecified atom stereocenters. The average Bonchev–Trinajstić information content (AvgIpc) is 3.26. The number of carbonyl (C=O) groups excluding carboxylic acids is 1. The molecule has 0 amide bonds. The highest BCUT2D eigenvalue weighted by Gasteiger charge is 2.41. The van der Waals surface area contributed by atoms with E-state index in [1.54, 1.807) is 0 Å². The third-order valence-corrected chi connectivity index (χ3v) is 9.13. The van der Waals surface area contributed by atoms with E-state index >= 15 is 0 Å². The number of ketones is 1. The zero-order valence-electron chi connectivity index (χ0n) is 16.7. The standard InChI is InChI=1S/C20H25ClN4O3S2/c21-10-15-30(27,28)25-13-11-24(12-14-25)19-22-18(23-29-19)20(8-6-17(26)7-9-20)16-4-2-1-3-5-16/h1-5H,6-15H2. The molecule has 2 fully saturated rings. The Hall–Kier alpha value is -1.55. The normalized spacial score (nSPS) is 20.4. The summed E-state index contributed by atoms with van der Waals surface area (Å²) in [6.07, 6.45) is 2.52. The van der Waals surface area contributed by atoms with Crippen molar-refractivity contribution in [2.45, 2.75) is 31.1 Å². The number of rotatable bonds is 6. The highest BCUT2D eigenvalue weighted by atomic mass is 35.5. The molecule has 4 rings (SSSR count). The van der Waals surface area contributed by atoms with E-state index in [4.69, 9.17) is 21.0 Å². The summed E-state index contributed by atoms with van der Waals surface area (Å²) in [5, 5.41) is 0.812. The summed E-state index contributed by atoms with van der Waals surface area (Å²) in [5.74, 6) is 1.15. The van der Waals surface area contributed by atoms with Gasteiger partial charge in [-0.3, -0.25) is 4.79 Å². The molecule has 0 bridgehead atoms. The monoisotopic (exact) mass is 468 g/mol. The molecule has 162 valence electrons. The number of alkyl halides is 1. The number of nitrogens with zero attached hydrogens (tertiary/aromatic N) is 4. The molecule has 30 heavy (non-hydrogen) atoms. The summed E-state index contributed by atoms with van der Waals surface area (Å²) >= 11 is 6.98. The van der Waals surface area contributed by atoms with Crippen molar-refractivity contribution in [3.8, 4) is 0 Å². The first-order chi connectivity index (χ1) is 14.4. The van der Waals surface area contributed by atoms with E-state index in [1.807, 2.05) is 18.2 Å². The average molecular weight is 469 g/mol. The third-order valence-electron chi connectivity index (χ3n) is 6.07. The minimum atomic E-state index is -3.29. The van der Waals surface area contributed by atoms with Crippen LogP contribution in [0.25, 0.3) is 0 Å². The first-order valence-corrected chi connectivity index (χ1v) is 13.1. The number of piperazine rings is 1. The molecule has 0 spiro atoms. The van der Waals surface area contributed by atoms with E-state index in [-0.39, 0.29) is 17.0 Å². The van der Waals surface area contributed by atoms with Gasteiger partial charge in [-0.1, -0.05) is 30.3 Å². The maximum Gasteiger partial charge on any atom is 0.215 e. The Labute approximate surface area is 186 Å². The maximum atomic E-state index is 12.2. The van der Waals surface area contributed by atoms with Gasteiger partial charge in [-0.05, 0) is 18.4 Å². The van der Waals surface area contributed by atoms with Crippen molar-refractivity contribution in [1.82, 2.24) is 13.7 Å². The minimum absolute atomic E-state index is 0.0319. The lowest BCUT2D eigenvalue weighted by Gasteiger charge is -2.35. The lowest BCUT2D eigenvalue weighted by molar-refractivity contribution is -0.121. The van der Waals surface area contributed by atoms with Crippen LogP contribution in [-0.4, -0.2) is 65.7 Å². The van der Waals surface area contributed by atoms with Crippen molar-refractivity contribution in [3.05, 3.63) is 41.7 Å². The number of hydrogen-bond donors (Lipinski definition) is 0. The number of Topliss-reactive ketones (excluding diaryl/α,β-unsaturated/α-hetero) is 1. The zero-order chi connectivity index (χ0) is 21.2. The van der Waals surface area contributed by atoms with E-state index < -0.39 is 10.0 Å². The van der Waals surface area contributed by atoms with Crippen molar-refractivity contribution in [2.24, 2.45) is 0 Å². The van der Waals surface area contributed by atoms with Gasteiger partial charge < -0.3 is 4.90 Å². The number of aromatic nitrogens is 2. The van der Waals surface area contributed by atoms with Gasteiger partial charge in [0.05, 0.1) is 11.2 Å². The van der Waals surface area contributed by atoms with Gasteiger partial charge in [-0.2, -0.15) is 8.68 Å². The van der Waals surface area contributed by atoms with Gasteiger partial charge in [-0.15, -0.1) is 11.6 Å². The van der Waals surface area contributed by atoms with E-state index in [2.05, 4.69) is 17.0 Å². The molecule has 2 aromatic rings. The van der Waals surface area contributed by atoms with Gasteiger partial charge in [0.15, 0.2) is 5.82 Å². The van der Waals surface area contributed by atoms with Crippen molar-refractivity contribution >= 4 is 44.1 Å². The summed E-state index contributed by atoms with van der Waals surface area (Å²) in [5.41, 5.74) is 0.814. The molecule has 1 aliphatic heterocycles. The molecule has 1 aliphatic carbocycles. The fourth-order valence-corrected chi connectivity index (χ4v) is 6.84.